The lowest BCUT2D eigenvalue weighted by Crippen LogP contribution is -2.15. The molecule has 1 aromatic carbocycles. The van der Waals surface area contributed by atoms with E-state index in [0.717, 1.165) is 12.3 Å². The molecule has 3 aromatic heterocycles. The lowest BCUT2D eigenvalue weighted by molar-refractivity contribution is -0.142. The molecule has 5 nitrogen and oxygen atoms in total. The molecule has 1 N–H and O–H groups in total. The van der Waals surface area contributed by atoms with E-state index in [1.54, 1.807) is 23.6 Å². The Morgan fingerprint density at radius 2 is 1.97 bits per heavy atom. The van der Waals surface area contributed by atoms with Gasteiger partial charge in [0.1, 0.15) is 5.56 Å². The van der Waals surface area contributed by atoms with Gasteiger partial charge in [-0.2, -0.15) is 18.3 Å². The van der Waals surface area contributed by atoms with E-state index in [2.05, 4.69) is 15.4 Å². The summed E-state index contributed by atoms with van der Waals surface area (Å²) in [7, 11) is 0. The molecule has 3 heterocycles. The van der Waals surface area contributed by atoms with Gasteiger partial charge in [0, 0.05) is 5.02 Å². The van der Waals surface area contributed by atoms with Crippen LogP contribution in [0.4, 0.5) is 18.9 Å². The lowest BCUT2D eigenvalue weighted by Gasteiger charge is -2.11. The summed E-state index contributed by atoms with van der Waals surface area (Å²) in [5.74, 6) is -0.715. The van der Waals surface area contributed by atoms with Crippen LogP contribution in [-0.2, 0) is 6.18 Å². The minimum atomic E-state index is -4.69. The van der Waals surface area contributed by atoms with Crippen molar-refractivity contribution in [2.24, 2.45) is 0 Å². The molecular weight excluding hydrogens is 448 g/mol. The summed E-state index contributed by atoms with van der Waals surface area (Å²) >= 11 is 13.2. The van der Waals surface area contributed by atoms with E-state index in [4.69, 9.17) is 23.2 Å². The summed E-state index contributed by atoms with van der Waals surface area (Å²) in [4.78, 5) is 17.5. The van der Waals surface area contributed by atoms with E-state index in [-0.39, 0.29) is 27.6 Å². The van der Waals surface area contributed by atoms with Crippen LogP contribution in [0.15, 0.2) is 48.0 Å². The Bertz CT molecular complexity index is 1220. The van der Waals surface area contributed by atoms with Crippen LogP contribution in [0.2, 0.25) is 10.0 Å². The molecule has 0 aliphatic rings. The molecule has 0 bridgehead atoms. The van der Waals surface area contributed by atoms with Gasteiger partial charge < -0.3 is 5.32 Å². The fraction of sp³-hybridized carbons (Fsp3) is 0.0556. The van der Waals surface area contributed by atoms with Crippen LogP contribution in [0.3, 0.4) is 0 Å². The van der Waals surface area contributed by atoms with E-state index in [1.165, 1.54) is 23.5 Å². The molecule has 0 fully saturated rings. The summed E-state index contributed by atoms with van der Waals surface area (Å²) in [6.07, 6.45) is -3.66. The molecule has 0 saturated heterocycles. The number of fused-ring (bicyclic) bond motifs is 1. The fourth-order valence-electron chi connectivity index (χ4n) is 2.66. The number of amides is 1. The third-order valence-electron chi connectivity index (χ3n) is 3.96. The predicted octanol–water partition coefficient (Wildman–Crippen LogP) is 6.04. The van der Waals surface area contributed by atoms with Crippen molar-refractivity contribution < 1.29 is 18.0 Å². The summed E-state index contributed by atoms with van der Waals surface area (Å²) in [5.41, 5.74) is -1.08. The average Bonchev–Trinajstić information content (AvgIpc) is 3.32. The van der Waals surface area contributed by atoms with Crippen molar-refractivity contribution >= 4 is 51.8 Å². The number of hydrogen-bond acceptors (Lipinski definition) is 4. The Morgan fingerprint density at radius 1 is 1.17 bits per heavy atom. The Morgan fingerprint density at radius 3 is 2.66 bits per heavy atom. The number of nitrogens with one attached hydrogen (secondary N) is 1. The molecule has 4 rings (SSSR count). The quantitative estimate of drug-likeness (QED) is 0.409. The highest BCUT2D eigenvalue weighted by Crippen LogP contribution is 2.34. The van der Waals surface area contributed by atoms with Crippen molar-refractivity contribution in [2.75, 3.05) is 5.32 Å². The van der Waals surface area contributed by atoms with Crippen molar-refractivity contribution in [1.82, 2.24) is 14.6 Å². The number of nitrogens with zero attached hydrogens (tertiary/aromatic N) is 3. The molecule has 148 valence electrons. The van der Waals surface area contributed by atoms with Gasteiger partial charge in [-0.3, -0.25) is 4.79 Å². The molecule has 4 aromatic rings. The van der Waals surface area contributed by atoms with E-state index >= 15 is 0 Å². The van der Waals surface area contributed by atoms with Gasteiger partial charge in [-0.05, 0) is 35.7 Å². The highest BCUT2D eigenvalue weighted by atomic mass is 35.5. The SMILES string of the molecule is O=C(Nc1cc(Cl)ccc1Cl)c1cnn2c(C(F)(F)F)cc(-c3cccs3)nc12. The normalized spacial score (nSPS) is 11.8. The Labute approximate surface area is 175 Å². The maximum atomic E-state index is 13.6. The average molecular weight is 457 g/mol. The molecule has 0 spiro atoms. The van der Waals surface area contributed by atoms with Crippen molar-refractivity contribution in [3.05, 3.63) is 69.3 Å². The Hall–Kier alpha value is -2.62. The van der Waals surface area contributed by atoms with Gasteiger partial charge in [-0.15, -0.1) is 11.3 Å². The molecule has 0 saturated carbocycles. The molecule has 11 heteroatoms. The van der Waals surface area contributed by atoms with Crippen molar-refractivity contribution in [3.63, 3.8) is 0 Å². The first-order valence-electron chi connectivity index (χ1n) is 8.00. The second-order valence-corrected chi connectivity index (χ2v) is 7.66. The van der Waals surface area contributed by atoms with E-state index in [0.29, 0.717) is 14.4 Å². The summed E-state index contributed by atoms with van der Waals surface area (Å²) < 4.78 is 41.3. The molecule has 1 amide bonds. The third-order valence-corrected chi connectivity index (χ3v) is 5.41. The molecular formula is C18H9Cl2F3N4OS. The number of carbonyl (C=O) groups excluding carboxylic acids is 1. The number of rotatable bonds is 3. The Balaban J connectivity index is 1.84. The highest BCUT2D eigenvalue weighted by Gasteiger charge is 2.36. The predicted molar refractivity (Wildman–Crippen MR) is 106 cm³/mol. The second kappa shape index (κ2) is 7.33. The largest absolute Gasteiger partial charge is 0.433 e. The molecule has 0 radical (unpaired) electrons. The van der Waals surface area contributed by atoms with Crippen molar-refractivity contribution in [1.29, 1.82) is 0 Å². The molecule has 0 unspecified atom stereocenters. The van der Waals surface area contributed by atoms with Crippen molar-refractivity contribution in [3.8, 4) is 10.6 Å². The first-order chi connectivity index (χ1) is 13.7. The number of halogens is 5. The number of carbonyl (C=O) groups is 1. The van der Waals surface area contributed by atoms with Crippen LogP contribution < -0.4 is 5.32 Å². The van der Waals surface area contributed by atoms with Gasteiger partial charge in [0.05, 0.1) is 27.5 Å². The number of hydrogen-bond donors (Lipinski definition) is 1. The van der Waals surface area contributed by atoms with Crippen LogP contribution in [0.1, 0.15) is 16.1 Å². The van der Waals surface area contributed by atoms with Crippen LogP contribution in [0.5, 0.6) is 0 Å². The molecule has 29 heavy (non-hydrogen) atoms. The summed E-state index contributed by atoms with van der Waals surface area (Å²) in [6.45, 7) is 0. The van der Waals surface area contributed by atoms with Gasteiger partial charge in [0.25, 0.3) is 5.91 Å². The van der Waals surface area contributed by atoms with E-state index < -0.39 is 17.8 Å². The molecule has 0 aliphatic heterocycles. The fourth-order valence-corrected chi connectivity index (χ4v) is 3.68. The number of alkyl halides is 3. The van der Waals surface area contributed by atoms with Crippen LogP contribution in [0, 0.1) is 0 Å². The number of benzene rings is 1. The standard InChI is InChI=1S/C18H9Cl2F3N4OS/c19-9-3-4-11(20)12(6-9)26-17(28)10-8-24-27-15(18(21,22)23)7-13(25-16(10)27)14-2-1-5-29-14/h1-8H,(H,26,28). The summed E-state index contributed by atoms with van der Waals surface area (Å²) in [5, 5.41) is 8.54. The van der Waals surface area contributed by atoms with Crippen LogP contribution in [-0.4, -0.2) is 20.5 Å². The van der Waals surface area contributed by atoms with Crippen LogP contribution >= 0.6 is 34.5 Å². The topological polar surface area (TPSA) is 59.3 Å². The zero-order valence-corrected chi connectivity index (χ0v) is 16.5. The first-order valence-corrected chi connectivity index (χ1v) is 9.64. The number of aromatic nitrogens is 3. The maximum absolute atomic E-state index is 13.6. The smallest absolute Gasteiger partial charge is 0.320 e. The monoisotopic (exact) mass is 456 g/mol. The summed E-state index contributed by atoms with van der Waals surface area (Å²) in [6, 6.07) is 8.71. The first kappa shape index (κ1) is 19.7. The van der Waals surface area contributed by atoms with Gasteiger partial charge in [-0.25, -0.2) is 9.50 Å². The van der Waals surface area contributed by atoms with E-state index in [1.807, 2.05) is 0 Å². The highest BCUT2D eigenvalue weighted by molar-refractivity contribution is 7.13. The van der Waals surface area contributed by atoms with Gasteiger partial charge in [0.15, 0.2) is 11.3 Å². The minimum Gasteiger partial charge on any atom is -0.320 e. The van der Waals surface area contributed by atoms with Gasteiger partial charge in [-0.1, -0.05) is 29.3 Å². The lowest BCUT2D eigenvalue weighted by atomic mass is 10.2. The van der Waals surface area contributed by atoms with Crippen LogP contribution in [0.25, 0.3) is 16.2 Å². The maximum Gasteiger partial charge on any atom is 0.433 e. The van der Waals surface area contributed by atoms with Gasteiger partial charge >= 0.3 is 6.18 Å². The van der Waals surface area contributed by atoms with Crippen molar-refractivity contribution in [2.45, 2.75) is 6.18 Å². The second-order valence-electron chi connectivity index (χ2n) is 5.87. The number of thiophene rings is 1. The molecule has 0 aliphatic carbocycles. The molecule has 0 atom stereocenters. The zero-order valence-electron chi connectivity index (χ0n) is 14.2. The Kier molecular flexibility index (Phi) is 4.97. The third kappa shape index (κ3) is 3.81. The van der Waals surface area contributed by atoms with Gasteiger partial charge in [0.2, 0.25) is 0 Å². The minimum absolute atomic E-state index is 0.0927. The van der Waals surface area contributed by atoms with E-state index in [9.17, 15) is 18.0 Å². The zero-order chi connectivity index (χ0) is 20.8. The number of anilines is 1.